The number of hydrogen-bond donors (Lipinski definition) is 1. The maximum absolute atomic E-state index is 12.5. The number of nitrogens with one attached hydrogen (secondary N) is 1. The molecule has 0 aromatic heterocycles. The molecule has 0 aliphatic carbocycles. The molecule has 0 unspecified atom stereocenters. The first-order chi connectivity index (χ1) is 13.6. The molecule has 1 aromatic rings. The number of rotatable bonds is 13. The highest BCUT2D eigenvalue weighted by Crippen LogP contribution is 2.32. The summed E-state index contributed by atoms with van der Waals surface area (Å²) < 4.78 is 26.5. The van der Waals surface area contributed by atoms with Gasteiger partial charge in [0.05, 0.1) is 11.9 Å². The van der Waals surface area contributed by atoms with Gasteiger partial charge in [-0.05, 0) is 42.7 Å². The van der Waals surface area contributed by atoms with Crippen LogP contribution in [0.4, 0.5) is 5.69 Å². The van der Waals surface area contributed by atoms with Crippen LogP contribution in [-0.2, 0) is 14.8 Å². The van der Waals surface area contributed by atoms with Crippen molar-refractivity contribution in [3.05, 3.63) is 29.3 Å². The van der Waals surface area contributed by atoms with Crippen LogP contribution in [0.15, 0.2) is 18.2 Å². The summed E-state index contributed by atoms with van der Waals surface area (Å²) in [4.78, 5) is 12.3. The third-order valence-corrected chi connectivity index (χ3v) is 6.60. The second-order valence-electron chi connectivity index (χ2n) is 8.33. The van der Waals surface area contributed by atoms with Gasteiger partial charge >= 0.3 is 0 Å². The van der Waals surface area contributed by atoms with Gasteiger partial charge in [-0.2, -0.15) is 0 Å². The van der Waals surface area contributed by atoms with Gasteiger partial charge in [0, 0.05) is 19.5 Å². The molecule has 1 rings (SSSR count). The van der Waals surface area contributed by atoms with Crippen LogP contribution >= 0.6 is 0 Å². The highest BCUT2D eigenvalue weighted by molar-refractivity contribution is 7.92. The lowest BCUT2D eigenvalue weighted by molar-refractivity contribution is -0.121. The van der Waals surface area contributed by atoms with Gasteiger partial charge in [0.2, 0.25) is 15.9 Å². The summed E-state index contributed by atoms with van der Waals surface area (Å²) in [7, 11) is -3.43. The molecule has 0 fully saturated rings. The largest absolute Gasteiger partial charge is 0.356 e. The maximum Gasteiger partial charge on any atom is 0.232 e. The molecule has 1 amide bonds. The number of amides is 1. The first-order valence-corrected chi connectivity index (χ1v) is 12.8. The van der Waals surface area contributed by atoms with E-state index in [-0.39, 0.29) is 11.8 Å². The molecule has 5 nitrogen and oxygen atoms in total. The predicted octanol–water partition coefficient (Wildman–Crippen LogP) is 5.00. The Balaban J connectivity index is 2.75. The molecule has 1 N–H and O–H groups in total. The van der Waals surface area contributed by atoms with Crippen molar-refractivity contribution in [1.29, 1.82) is 0 Å². The van der Waals surface area contributed by atoms with Crippen LogP contribution in [0.5, 0.6) is 0 Å². The zero-order valence-electron chi connectivity index (χ0n) is 19.1. The number of carbonyl (C=O) groups is 1. The lowest BCUT2D eigenvalue weighted by atomic mass is 9.98. The summed E-state index contributed by atoms with van der Waals surface area (Å²) in [5.41, 5.74) is 2.71. The van der Waals surface area contributed by atoms with Crippen molar-refractivity contribution in [2.24, 2.45) is 5.92 Å². The van der Waals surface area contributed by atoms with Crippen LogP contribution < -0.4 is 9.62 Å². The molecule has 166 valence electrons. The SMILES string of the molecule is CCCC[C@@H](CC)CNC(=O)CCCN(c1c(C)cccc1C(C)C)S(C)(=O)=O. The Kier molecular flexibility index (Phi) is 10.7. The quantitative estimate of drug-likeness (QED) is 0.485. The fraction of sp³-hybridized carbons (Fsp3) is 0.696. The predicted molar refractivity (Wildman–Crippen MR) is 123 cm³/mol. The van der Waals surface area contributed by atoms with Gasteiger partial charge in [-0.1, -0.05) is 65.2 Å². The Morgan fingerprint density at radius 1 is 1.17 bits per heavy atom. The number of unbranched alkanes of at least 4 members (excludes halogenated alkanes) is 1. The fourth-order valence-electron chi connectivity index (χ4n) is 3.60. The topological polar surface area (TPSA) is 66.5 Å². The average molecular weight is 425 g/mol. The van der Waals surface area contributed by atoms with E-state index in [1.165, 1.54) is 23.4 Å². The molecule has 0 aliphatic rings. The van der Waals surface area contributed by atoms with E-state index in [9.17, 15) is 13.2 Å². The minimum Gasteiger partial charge on any atom is -0.356 e. The molecule has 0 aliphatic heterocycles. The van der Waals surface area contributed by atoms with Crippen molar-refractivity contribution < 1.29 is 13.2 Å². The van der Waals surface area contributed by atoms with E-state index < -0.39 is 10.0 Å². The number of benzene rings is 1. The van der Waals surface area contributed by atoms with Gasteiger partial charge in [0.1, 0.15) is 0 Å². The van der Waals surface area contributed by atoms with Gasteiger partial charge in [-0.3, -0.25) is 9.10 Å². The summed E-state index contributed by atoms with van der Waals surface area (Å²) in [5.74, 6) is 0.737. The molecular formula is C23H40N2O3S. The Bertz CT molecular complexity index is 744. The second kappa shape index (κ2) is 12.2. The standard InChI is InChI=1S/C23H40N2O3S/c1-7-9-13-20(8-2)17-24-22(26)15-11-16-25(29(6,27)28)23-19(5)12-10-14-21(23)18(3)4/h10,12,14,18,20H,7-9,11,13,15-17H2,1-6H3,(H,24,26)/t20-/m1/s1. The van der Waals surface area contributed by atoms with Crippen LogP contribution in [0.3, 0.4) is 0 Å². The Hall–Kier alpha value is -1.56. The molecule has 0 radical (unpaired) electrons. The van der Waals surface area contributed by atoms with Crippen LogP contribution in [-0.4, -0.2) is 33.7 Å². The molecule has 29 heavy (non-hydrogen) atoms. The van der Waals surface area contributed by atoms with E-state index in [0.717, 1.165) is 29.7 Å². The molecule has 0 heterocycles. The van der Waals surface area contributed by atoms with E-state index >= 15 is 0 Å². The zero-order valence-corrected chi connectivity index (χ0v) is 19.9. The maximum atomic E-state index is 12.5. The fourth-order valence-corrected chi connectivity index (χ4v) is 4.65. The Labute approximate surface area is 178 Å². The number of anilines is 1. The van der Waals surface area contributed by atoms with Crippen molar-refractivity contribution in [3.8, 4) is 0 Å². The number of carbonyl (C=O) groups excluding carboxylic acids is 1. The lowest BCUT2D eigenvalue weighted by Gasteiger charge is -2.28. The van der Waals surface area contributed by atoms with E-state index in [1.807, 2.05) is 25.1 Å². The molecule has 1 atom stereocenters. The summed E-state index contributed by atoms with van der Waals surface area (Å²) in [5, 5.41) is 3.03. The summed E-state index contributed by atoms with van der Waals surface area (Å²) >= 11 is 0. The number of nitrogens with zero attached hydrogens (tertiary/aromatic N) is 1. The summed E-state index contributed by atoms with van der Waals surface area (Å²) in [6.07, 6.45) is 6.63. The first kappa shape index (κ1) is 25.5. The van der Waals surface area contributed by atoms with E-state index in [0.29, 0.717) is 31.8 Å². The minimum atomic E-state index is -3.43. The average Bonchev–Trinajstić information content (AvgIpc) is 2.64. The summed E-state index contributed by atoms with van der Waals surface area (Å²) in [6, 6.07) is 5.89. The van der Waals surface area contributed by atoms with Gasteiger partial charge in [0.25, 0.3) is 0 Å². The van der Waals surface area contributed by atoms with E-state index in [4.69, 9.17) is 0 Å². The smallest absolute Gasteiger partial charge is 0.232 e. The van der Waals surface area contributed by atoms with Crippen LogP contribution in [0.2, 0.25) is 0 Å². The molecule has 0 bridgehead atoms. The molecule has 0 saturated carbocycles. The van der Waals surface area contributed by atoms with Crippen molar-refractivity contribution in [2.45, 2.75) is 79.1 Å². The van der Waals surface area contributed by atoms with Gasteiger partial charge < -0.3 is 5.32 Å². The van der Waals surface area contributed by atoms with E-state index in [1.54, 1.807) is 0 Å². The lowest BCUT2D eigenvalue weighted by Crippen LogP contribution is -2.34. The molecule has 0 saturated heterocycles. The van der Waals surface area contributed by atoms with E-state index in [2.05, 4.69) is 33.0 Å². The number of aryl methyl sites for hydroxylation is 1. The number of para-hydroxylation sites is 1. The van der Waals surface area contributed by atoms with Gasteiger partial charge in [-0.15, -0.1) is 0 Å². The number of sulfonamides is 1. The second-order valence-corrected chi connectivity index (χ2v) is 10.2. The summed E-state index contributed by atoms with van der Waals surface area (Å²) in [6.45, 7) is 11.4. The van der Waals surface area contributed by atoms with Crippen molar-refractivity contribution >= 4 is 21.6 Å². The number of hydrogen-bond acceptors (Lipinski definition) is 3. The highest BCUT2D eigenvalue weighted by atomic mass is 32.2. The van der Waals surface area contributed by atoms with Gasteiger partial charge in [-0.25, -0.2) is 8.42 Å². The van der Waals surface area contributed by atoms with Crippen molar-refractivity contribution in [3.63, 3.8) is 0 Å². The zero-order chi connectivity index (χ0) is 22.0. The normalized spacial score (nSPS) is 12.8. The third kappa shape index (κ3) is 8.37. The highest BCUT2D eigenvalue weighted by Gasteiger charge is 2.23. The third-order valence-electron chi connectivity index (χ3n) is 5.44. The molecule has 6 heteroatoms. The monoisotopic (exact) mass is 424 g/mol. The molecule has 1 aromatic carbocycles. The Morgan fingerprint density at radius 3 is 2.41 bits per heavy atom. The molecule has 0 spiro atoms. The van der Waals surface area contributed by atoms with Crippen molar-refractivity contribution in [2.75, 3.05) is 23.7 Å². The molecular weight excluding hydrogens is 384 g/mol. The van der Waals surface area contributed by atoms with Crippen molar-refractivity contribution in [1.82, 2.24) is 5.32 Å². The van der Waals surface area contributed by atoms with Crippen LogP contribution in [0.25, 0.3) is 0 Å². The Morgan fingerprint density at radius 2 is 1.86 bits per heavy atom. The minimum absolute atomic E-state index is 0.00210. The van der Waals surface area contributed by atoms with Crippen LogP contribution in [0.1, 0.15) is 83.3 Å². The van der Waals surface area contributed by atoms with Gasteiger partial charge in [0.15, 0.2) is 0 Å². The first-order valence-electron chi connectivity index (χ1n) is 11.0. The van der Waals surface area contributed by atoms with Crippen LogP contribution in [0, 0.1) is 12.8 Å².